The molecule has 0 bridgehead atoms. The van der Waals surface area contributed by atoms with Crippen molar-refractivity contribution < 1.29 is 14.0 Å². The molecule has 34 heavy (non-hydrogen) atoms. The molecular weight excluding hydrogens is 451 g/mol. The van der Waals surface area contributed by atoms with Crippen LogP contribution in [0.1, 0.15) is 62.1 Å². The minimum atomic E-state index is -0.258. The van der Waals surface area contributed by atoms with Crippen LogP contribution in [0.5, 0.6) is 0 Å². The zero-order valence-electron chi connectivity index (χ0n) is 19.8. The molecule has 0 spiro atoms. The number of hydrogen-bond acceptors (Lipinski definition) is 4. The summed E-state index contributed by atoms with van der Waals surface area (Å²) in [6, 6.07) is 6.32. The van der Waals surface area contributed by atoms with Gasteiger partial charge in [0.25, 0.3) is 0 Å². The second-order valence-electron chi connectivity index (χ2n) is 10.0. The van der Waals surface area contributed by atoms with Gasteiger partial charge in [-0.1, -0.05) is 6.92 Å². The predicted octanol–water partition coefficient (Wildman–Crippen LogP) is 5.01. The summed E-state index contributed by atoms with van der Waals surface area (Å²) < 4.78 is 13.3. The van der Waals surface area contributed by atoms with Gasteiger partial charge in [0.15, 0.2) is 0 Å². The third kappa shape index (κ3) is 4.97. The van der Waals surface area contributed by atoms with Gasteiger partial charge in [0, 0.05) is 37.7 Å². The molecule has 2 unspecified atom stereocenters. The van der Waals surface area contributed by atoms with Crippen LogP contribution >= 0.6 is 11.3 Å². The van der Waals surface area contributed by atoms with E-state index in [0.29, 0.717) is 19.0 Å². The Balaban J connectivity index is 1.18. The third-order valence-corrected chi connectivity index (χ3v) is 8.70. The fourth-order valence-corrected chi connectivity index (χ4v) is 6.69. The third-order valence-electron chi connectivity index (χ3n) is 7.44. The van der Waals surface area contributed by atoms with Crippen LogP contribution in [-0.2, 0) is 11.2 Å². The highest BCUT2D eigenvalue weighted by atomic mass is 32.1. The van der Waals surface area contributed by atoms with Gasteiger partial charge < -0.3 is 15.1 Å². The molecule has 3 amide bonds. The number of piperidine rings is 2. The fraction of sp³-hybridized carbons (Fsp3) is 0.577. The van der Waals surface area contributed by atoms with Crippen LogP contribution in [0.25, 0.3) is 10.6 Å². The Morgan fingerprint density at radius 1 is 1.03 bits per heavy atom. The van der Waals surface area contributed by atoms with E-state index in [9.17, 15) is 14.0 Å². The van der Waals surface area contributed by atoms with E-state index >= 15 is 0 Å². The maximum Gasteiger partial charge on any atom is 0.317 e. The molecule has 8 heteroatoms. The predicted molar refractivity (Wildman–Crippen MR) is 131 cm³/mol. The Kier molecular flexibility index (Phi) is 6.86. The molecule has 1 aliphatic carbocycles. The highest BCUT2D eigenvalue weighted by Crippen LogP contribution is 2.38. The zero-order chi connectivity index (χ0) is 23.7. The largest absolute Gasteiger partial charge is 0.342 e. The number of aryl methyl sites for hydroxylation is 1. The van der Waals surface area contributed by atoms with Crippen molar-refractivity contribution in [3.8, 4) is 10.6 Å². The van der Waals surface area contributed by atoms with Crippen LogP contribution in [0.2, 0.25) is 0 Å². The van der Waals surface area contributed by atoms with E-state index < -0.39 is 0 Å². The van der Waals surface area contributed by atoms with Gasteiger partial charge in [0.1, 0.15) is 10.8 Å². The smallest absolute Gasteiger partial charge is 0.317 e. The number of urea groups is 1. The summed E-state index contributed by atoms with van der Waals surface area (Å²) in [7, 11) is 0. The normalized spacial score (nSPS) is 23.5. The number of aromatic nitrogens is 1. The second kappa shape index (κ2) is 10.0. The number of fused-ring (bicyclic) bond motifs is 1. The molecule has 1 aromatic heterocycles. The summed E-state index contributed by atoms with van der Waals surface area (Å²) >= 11 is 1.59. The minimum Gasteiger partial charge on any atom is -0.342 e. The molecule has 1 N–H and O–H groups in total. The SMILES string of the molecule is CC1CCCN(C(=O)C2CCN(C(=O)NC3CCCc4nc(-c5ccc(F)cc5)sc43)CC2)C1. The topological polar surface area (TPSA) is 65.5 Å². The minimum absolute atomic E-state index is 0.0374. The zero-order valence-corrected chi connectivity index (χ0v) is 20.6. The quantitative estimate of drug-likeness (QED) is 0.666. The summed E-state index contributed by atoms with van der Waals surface area (Å²) in [5.74, 6) is 0.641. The molecule has 182 valence electrons. The lowest BCUT2D eigenvalue weighted by atomic mass is 9.93. The fourth-order valence-electron chi connectivity index (χ4n) is 5.49. The van der Waals surface area contributed by atoms with Crippen molar-refractivity contribution in [3.63, 3.8) is 0 Å². The number of rotatable bonds is 3. The van der Waals surface area contributed by atoms with Crippen LogP contribution in [0.3, 0.4) is 0 Å². The number of likely N-dealkylation sites (tertiary alicyclic amines) is 2. The maximum atomic E-state index is 13.3. The number of nitrogens with zero attached hydrogens (tertiary/aromatic N) is 3. The Bertz CT molecular complexity index is 1030. The van der Waals surface area contributed by atoms with E-state index in [0.717, 1.165) is 72.8 Å². The number of thiazole rings is 1. The summed E-state index contributed by atoms with van der Waals surface area (Å²) in [6.45, 7) is 5.21. The van der Waals surface area contributed by atoms with Gasteiger partial charge in [-0.15, -0.1) is 11.3 Å². The van der Waals surface area contributed by atoms with E-state index in [2.05, 4.69) is 12.2 Å². The average molecular weight is 485 g/mol. The first-order chi connectivity index (χ1) is 16.5. The van der Waals surface area contributed by atoms with Gasteiger partial charge in [-0.05, 0) is 75.1 Å². The molecule has 3 aliphatic rings. The van der Waals surface area contributed by atoms with Crippen molar-refractivity contribution >= 4 is 23.3 Å². The molecule has 2 aromatic rings. The molecule has 2 saturated heterocycles. The number of amides is 3. The monoisotopic (exact) mass is 484 g/mol. The van der Waals surface area contributed by atoms with E-state index in [1.807, 2.05) is 9.80 Å². The summed E-state index contributed by atoms with van der Waals surface area (Å²) in [5, 5.41) is 4.11. The molecule has 2 fully saturated rings. The number of carbonyl (C=O) groups is 2. The van der Waals surface area contributed by atoms with Crippen LogP contribution < -0.4 is 5.32 Å². The van der Waals surface area contributed by atoms with Crippen molar-refractivity contribution in [2.75, 3.05) is 26.2 Å². The van der Waals surface area contributed by atoms with E-state index in [4.69, 9.17) is 4.98 Å². The van der Waals surface area contributed by atoms with Crippen LogP contribution in [0, 0.1) is 17.7 Å². The van der Waals surface area contributed by atoms with Gasteiger partial charge >= 0.3 is 6.03 Å². The van der Waals surface area contributed by atoms with E-state index in [1.165, 1.54) is 18.6 Å². The Hall–Kier alpha value is -2.48. The molecular formula is C26H33FN4O2S. The summed E-state index contributed by atoms with van der Waals surface area (Å²) in [6.07, 6.45) is 6.56. The lowest BCUT2D eigenvalue weighted by Gasteiger charge is -2.37. The van der Waals surface area contributed by atoms with E-state index in [-0.39, 0.29) is 29.7 Å². The lowest BCUT2D eigenvalue weighted by molar-refractivity contribution is -0.138. The van der Waals surface area contributed by atoms with Gasteiger partial charge in [0.05, 0.1) is 16.6 Å². The second-order valence-corrected chi connectivity index (χ2v) is 11.1. The van der Waals surface area contributed by atoms with Gasteiger partial charge in [-0.25, -0.2) is 14.2 Å². The van der Waals surface area contributed by atoms with Crippen molar-refractivity contribution in [2.24, 2.45) is 11.8 Å². The molecule has 0 saturated carbocycles. The van der Waals surface area contributed by atoms with Gasteiger partial charge in [0.2, 0.25) is 5.91 Å². The average Bonchev–Trinajstić information content (AvgIpc) is 3.29. The standard InChI is InChI=1S/C26H33FN4O2S/c1-17-4-3-13-31(16-17)25(32)19-11-14-30(15-12-19)26(33)29-22-6-2-5-21-23(22)34-24(28-21)18-7-9-20(27)10-8-18/h7-10,17,19,22H,2-6,11-16H2,1H3,(H,29,33). The molecule has 2 atom stereocenters. The molecule has 0 radical (unpaired) electrons. The Morgan fingerprint density at radius 3 is 2.53 bits per heavy atom. The van der Waals surface area contributed by atoms with Gasteiger partial charge in [-0.3, -0.25) is 4.79 Å². The Labute approximate surface area is 204 Å². The van der Waals surface area contributed by atoms with Crippen molar-refractivity contribution in [1.82, 2.24) is 20.1 Å². The van der Waals surface area contributed by atoms with Crippen LogP contribution in [-0.4, -0.2) is 52.9 Å². The Morgan fingerprint density at radius 2 is 1.79 bits per heavy atom. The van der Waals surface area contributed by atoms with Crippen molar-refractivity contribution in [1.29, 1.82) is 0 Å². The highest BCUT2D eigenvalue weighted by molar-refractivity contribution is 7.15. The number of halogens is 1. The maximum absolute atomic E-state index is 13.3. The number of nitrogens with one attached hydrogen (secondary N) is 1. The molecule has 2 aliphatic heterocycles. The number of benzene rings is 1. The van der Waals surface area contributed by atoms with E-state index in [1.54, 1.807) is 23.5 Å². The van der Waals surface area contributed by atoms with Crippen molar-refractivity contribution in [3.05, 3.63) is 40.7 Å². The first-order valence-electron chi connectivity index (χ1n) is 12.6. The molecule has 1 aromatic carbocycles. The summed E-state index contributed by atoms with van der Waals surface area (Å²) in [4.78, 5) is 35.8. The van der Waals surface area contributed by atoms with Crippen LogP contribution in [0.4, 0.5) is 9.18 Å². The van der Waals surface area contributed by atoms with Gasteiger partial charge in [-0.2, -0.15) is 0 Å². The van der Waals surface area contributed by atoms with Crippen molar-refractivity contribution in [2.45, 2.75) is 57.9 Å². The number of hydrogen-bond donors (Lipinski definition) is 1. The highest BCUT2D eigenvalue weighted by Gasteiger charge is 2.33. The summed E-state index contributed by atoms with van der Waals surface area (Å²) in [5.41, 5.74) is 1.95. The molecule has 3 heterocycles. The lowest BCUT2D eigenvalue weighted by Crippen LogP contribution is -2.49. The molecule has 6 nitrogen and oxygen atoms in total. The first kappa shape index (κ1) is 23.3. The van der Waals surface area contributed by atoms with Crippen LogP contribution in [0.15, 0.2) is 24.3 Å². The number of carbonyl (C=O) groups excluding carboxylic acids is 2. The first-order valence-corrected chi connectivity index (χ1v) is 13.4. The molecule has 5 rings (SSSR count).